The fraction of sp³-hybridized carbons (Fsp3) is 0.333. The van der Waals surface area contributed by atoms with Crippen molar-refractivity contribution in [3.8, 4) is 0 Å². The molecule has 2 heterocycles. The molecule has 0 aromatic carbocycles. The molecular formula is C12H16N6. The van der Waals surface area contributed by atoms with E-state index in [1.165, 1.54) is 0 Å². The Balaban J connectivity index is 1.97. The molecule has 2 aromatic heterocycles. The van der Waals surface area contributed by atoms with Crippen LogP contribution in [0.4, 0.5) is 11.8 Å². The van der Waals surface area contributed by atoms with Crippen molar-refractivity contribution >= 4 is 11.8 Å². The highest BCUT2D eigenvalue weighted by molar-refractivity contribution is 5.37. The molecule has 0 bridgehead atoms. The zero-order valence-corrected chi connectivity index (χ0v) is 10.5. The molecule has 0 spiro atoms. The van der Waals surface area contributed by atoms with Crippen molar-refractivity contribution in [1.82, 2.24) is 20.2 Å². The van der Waals surface area contributed by atoms with Crippen LogP contribution < -0.4 is 10.6 Å². The molecule has 0 aliphatic heterocycles. The van der Waals surface area contributed by atoms with E-state index >= 15 is 0 Å². The van der Waals surface area contributed by atoms with Gasteiger partial charge in [-0.15, -0.1) is 5.10 Å². The van der Waals surface area contributed by atoms with Crippen molar-refractivity contribution in [3.05, 3.63) is 36.3 Å². The molecule has 0 fully saturated rings. The molecule has 6 heteroatoms. The summed E-state index contributed by atoms with van der Waals surface area (Å²) in [5.41, 5.74) is 0.953. The van der Waals surface area contributed by atoms with E-state index in [9.17, 15) is 0 Å². The number of aromatic nitrogens is 4. The van der Waals surface area contributed by atoms with Crippen LogP contribution in [0.2, 0.25) is 0 Å². The summed E-state index contributed by atoms with van der Waals surface area (Å²) in [7, 11) is 0. The van der Waals surface area contributed by atoms with Crippen molar-refractivity contribution in [2.75, 3.05) is 10.6 Å². The topological polar surface area (TPSA) is 75.6 Å². The molecule has 6 nitrogen and oxygen atoms in total. The molecule has 2 rings (SSSR count). The lowest BCUT2D eigenvalue weighted by atomic mass is 10.3. The van der Waals surface area contributed by atoms with E-state index in [1.807, 2.05) is 32.0 Å². The molecule has 0 saturated carbocycles. The molecule has 2 aromatic rings. The van der Waals surface area contributed by atoms with Crippen molar-refractivity contribution in [2.24, 2.45) is 0 Å². The molecule has 0 amide bonds. The minimum atomic E-state index is 0.276. The molecule has 0 saturated heterocycles. The summed E-state index contributed by atoms with van der Waals surface area (Å²) in [6.07, 6.45) is 3.36. The van der Waals surface area contributed by atoms with Crippen LogP contribution in [-0.2, 0) is 6.54 Å². The highest BCUT2D eigenvalue weighted by Gasteiger charge is 2.01. The lowest BCUT2D eigenvalue weighted by Gasteiger charge is -2.09. The normalized spacial score (nSPS) is 10.4. The molecule has 0 unspecified atom stereocenters. The maximum absolute atomic E-state index is 4.30. The maximum Gasteiger partial charge on any atom is 0.244 e. The van der Waals surface area contributed by atoms with Gasteiger partial charge in [-0.25, -0.2) is 0 Å². The summed E-state index contributed by atoms with van der Waals surface area (Å²) in [4.78, 5) is 8.53. The minimum Gasteiger partial charge on any atom is -0.363 e. The van der Waals surface area contributed by atoms with Gasteiger partial charge in [-0.05, 0) is 26.0 Å². The standard InChI is InChI=1S/C12H16N6/c1-9(2)16-12-17-11(8-15-18-12)14-7-10-5-3-4-6-13-10/h3-6,8-9H,7H2,1-2H3,(H2,14,16,17,18). The van der Waals surface area contributed by atoms with E-state index in [0.29, 0.717) is 18.3 Å². The summed E-state index contributed by atoms with van der Waals surface area (Å²) in [6, 6.07) is 6.07. The third-order valence-electron chi connectivity index (χ3n) is 2.15. The van der Waals surface area contributed by atoms with E-state index in [0.717, 1.165) is 5.69 Å². The summed E-state index contributed by atoms with van der Waals surface area (Å²) in [5.74, 6) is 1.20. The van der Waals surface area contributed by atoms with Crippen LogP contribution in [0.25, 0.3) is 0 Å². The average Bonchev–Trinajstić information content (AvgIpc) is 2.37. The molecular weight excluding hydrogens is 228 g/mol. The third kappa shape index (κ3) is 3.65. The summed E-state index contributed by atoms with van der Waals surface area (Å²) in [6.45, 7) is 4.66. The third-order valence-corrected chi connectivity index (χ3v) is 2.15. The monoisotopic (exact) mass is 244 g/mol. The Kier molecular flexibility index (Phi) is 4.01. The van der Waals surface area contributed by atoms with Crippen molar-refractivity contribution < 1.29 is 0 Å². The summed E-state index contributed by atoms with van der Waals surface area (Å²) in [5, 5.41) is 14.1. The number of anilines is 2. The van der Waals surface area contributed by atoms with Gasteiger partial charge in [-0.1, -0.05) is 6.07 Å². The van der Waals surface area contributed by atoms with Crippen LogP contribution in [0.3, 0.4) is 0 Å². The number of hydrogen-bond donors (Lipinski definition) is 2. The zero-order valence-electron chi connectivity index (χ0n) is 10.5. The molecule has 0 aliphatic carbocycles. The van der Waals surface area contributed by atoms with E-state index < -0.39 is 0 Å². The zero-order chi connectivity index (χ0) is 12.8. The molecule has 0 aliphatic rings. The van der Waals surface area contributed by atoms with Crippen molar-refractivity contribution in [3.63, 3.8) is 0 Å². The highest BCUT2D eigenvalue weighted by Crippen LogP contribution is 2.06. The number of hydrogen-bond acceptors (Lipinski definition) is 6. The minimum absolute atomic E-state index is 0.276. The number of rotatable bonds is 5. The van der Waals surface area contributed by atoms with Gasteiger partial charge in [0.15, 0.2) is 5.82 Å². The second-order valence-electron chi connectivity index (χ2n) is 4.14. The largest absolute Gasteiger partial charge is 0.363 e. The Bertz CT molecular complexity index is 485. The van der Waals surface area contributed by atoms with Gasteiger partial charge in [0, 0.05) is 12.2 Å². The van der Waals surface area contributed by atoms with Crippen LogP contribution in [0.15, 0.2) is 30.6 Å². The van der Waals surface area contributed by atoms with Crippen LogP contribution in [0.1, 0.15) is 19.5 Å². The fourth-order valence-electron chi connectivity index (χ4n) is 1.39. The Labute approximate surface area is 106 Å². The van der Waals surface area contributed by atoms with Gasteiger partial charge in [0.2, 0.25) is 5.95 Å². The number of pyridine rings is 1. The number of nitrogens with zero attached hydrogens (tertiary/aromatic N) is 4. The number of nitrogens with one attached hydrogen (secondary N) is 2. The van der Waals surface area contributed by atoms with E-state index in [-0.39, 0.29) is 6.04 Å². The van der Waals surface area contributed by atoms with Crippen LogP contribution in [0.5, 0.6) is 0 Å². The molecule has 0 radical (unpaired) electrons. The lowest BCUT2D eigenvalue weighted by Crippen LogP contribution is -2.14. The summed E-state index contributed by atoms with van der Waals surface area (Å²) >= 11 is 0. The van der Waals surface area contributed by atoms with Crippen molar-refractivity contribution in [1.29, 1.82) is 0 Å². The quantitative estimate of drug-likeness (QED) is 0.833. The van der Waals surface area contributed by atoms with Gasteiger partial charge in [0.1, 0.15) is 0 Å². The van der Waals surface area contributed by atoms with Crippen LogP contribution in [0, 0.1) is 0 Å². The second-order valence-corrected chi connectivity index (χ2v) is 4.14. The predicted octanol–water partition coefficient (Wildman–Crippen LogP) is 1.70. The van der Waals surface area contributed by atoms with Gasteiger partial charge in [0.05, 0.1) is 18.4 Å². The van der Waals surface area contributed by atoms with Gasteiger partial charge in [-0.3, -0.25) is 4.98 Å². The average molecular weight is 244 g/mol. The van der Waals surface area contributed by atoms with E-state index in [2.05, 4.69) is 30.8 Å². The molecule has 2 N–H and O–H groups in total. The van der Waals surface area contributed by atoms with Gasteiger partial charge in [0.25, 0.3) is 0 Å². The SMILES string of the molecule is CC(C)Nc1nncc(NCc2ccccn2)n1. The smallest absolute Gasteiger partial charge is 0.244 e. The second kappa shape index (κ2) is 5.90. The van der Waals surface area contributed by atoms with Gasteiger partial charge < -0.3 is 10.6 Å². The van der Waals surface area contributed by atoms with Crippen LogP contribution >= 0.6 is 0 Å². The Morgan fingerprint density at radius 2 is 2.17 bits per heavy atom. The first-order chi connectivity index (χ1) is 8.74. The van der Waals surface area contributed by atoms with Crippen LogP contribution in [-0.4, -0.2) is 26.2 Å². The lowest BCUT2D eigenvalue weighted by molar-refractivity contribution is 0.849. The fourth-order valence-corrected chi connectivity index (χ4v) is 1.39. The van der Waals surface area contributed by atoms with Gasteiger partial charge >= 0.3 is 0 Å². The molecule has 94 valence electrons. The first-order valence-corrected chi connectivity index (χ1v) is 5.84. The maximum atomic E-state index is 4.30. The van der Waals surface area contributed by atoms with Gasteiger partial charge in [-0.2, -0.15) is 10.1 Å². The first-order valence-electron chi connectivity index (χ1n) is 5.84. The predicted molar refractivity (Wildman–Crippen MR) is 70.1 cm³/mol. The first kappa shape index (κ1) is 12.2. The molecule has 18 heavy (non-hydrogen) atoms. The Morgan fingerprint density at radius 3 is 2.89 bits per heavy atom. The van der Waals surface area contributed by atoms with E-state index in [1.54, 1.807) is 12.4 Å². The Morgan fingerprint density at radius 1 is 1.28 bits per heavy atom. The summed E-state index contributed by atoms with van der Waals surface area (Å²) < 4.78 is 0. The highest BCUT2D eigenvalue weighted by atomic mass is 15.3. The van der Waals surface area contributed by atoms with E-state index in [4.69, 9.17) is 0 Å². The van der Waals surface area contributed by atoms with Crippen molar-refractivity contribution in [2.45, 2.75) is 26.4 Å². The molecule has 0 atom stereocenters. The Hall–Kier alpha value is -2.24.